The zero-order valence-electron chi connectivity index (χ0n) is 9.19. The third-order valence-electron chi connectivity index (χ3n) is 2.34. The summed E-state index contributed by atoms with van der Waals surface area (Å²) in [6, 6.07) is 3.36. The minimum Gasteiger partial charge on any atom is -0.372 e. The van der Waals surface area contributed by atoms with Crippen LogP contribution in [0.1, 0.15) is 19.0 Å². The summed E-state index contributed by atoms with van der Waals surface area (Å²) in [6.45, 7) is 4.25. The Bertz CT molecular complexity index is 640. The summed E-state index contributed by atoms with van der Waals surface area (Å²) in [5.74, 6) is -0.641. The van der Waals surface area contributed by atoms with E-state index in [0.717, 1.165) is 12.1 Å². The van der Waals surface area contributed by atoms with Crippen molar-refractivity contribution in [2.75, 3.05) is 0 Å². The monoisotopic (exact) mass is 220 g/mol. The lowest BCUT2D eigenvalue weighted by Crippen LogP contribution is -2.25. The molecule has 0 aliphatic heterocycles. The number of hydrogen-bond acceptors (Lipinski definition) is 4. The Morgan fingerprint density at radius 3 is 2.81 bits per heavy atom. The minimum absolute atomic E-state index is 0.346. The fourth-order valence-electron chi connectivity index (χ4n) is 1.60. The van der Waals surface area contributed by atoms with Gasteiger partial charge in [0.2, 0.25) is 0 Å². The SMILES string of the molecule is CCCn1c(=O)oc(=O)c2ccc(C)nc21. The maximum absolute atomic E-state index is 11.5. The highest BCUT2D eigenvalue weighted by atomic mass is 16.4. The van der Waals surface area contributed by atoms with Gasteiger partial charge in [-0.2, -0.15) is 0 Å². The van der Waals surface area contributed by atoms with Crippen LogP contribution in [0.25, 0.3) is 11.0 Å². The molecular formula is C11H12N2O3. The molecule has 0 saturated heterocycles. The highest BCUT2D eigenvalue weighted by Crippen LogP contribution is 2.06. The molecule has 2 aromatic rings. The molecule has 5 nitrogen and oxygen atoms in total. The molecule has 0 spiro atoms. The second kappa shape index (κ2) is 3.92. The molecule has 16 heavy (non-hydrogen) atoms. The summed E-state index contributed by atoms with van der Waals surface area (Å²) < 4.78 is 6.02. The van der Waals surface area contributed by atoms with Crippen LogP contribution in [0.15, 0.2) is 26.1 Å². The van der Waals surface area contributed by atoms with E-state index in [1.54, 1.807) is 12.1 Å². The van der Waals surface area contributed by atoms with E-state index in [-0.39, 0.29) is 0 Å². The number of rotatable bonds is 2. The summed E-state index contributed by atoms with van der Waals surface area (Å²) in [7, 11) is 0. The van der Waals surface area contributed by atoms with Gasteiger partial charge in [-0.1, -0.05) is 6.92 Å². The second-order valence-electron chi connectivity index (χ2n) is 3.63. The molecule has 0 aromatic carbocycles. The van der Waals surface area contributed by atoms with Crippen LogP contribution in [0.2, 0.25) is 0 Å². The van der Waals surface area contributed by atoms with Crippen LogP contribution in [0, 0.1) is 6.92 Å². The van der Waals surface area contributed by atoms with E-state index < -0.39 is 11.4 Å². The molecule has 0 aliphatic carbocycles. The van der Waals surface area contributed by atoms with Gasteiger partial charge in [-0.05, 0) is 25.5 Å². The van der Waals surface area contributed by atoms with Crippen molar-refractivity contribution in [3.8, 4) is 0 Å². The van der Waals surface area contributed by atoms with Crippen LogP contribution >= 0.6 is 0 Å². The predicted molar refractivity (Wildman–Crippen MR) is 59.6 cm³/mol. The molecule has 0 saturated carbocycles. The number of nitrogens with zero attached hydrogens (tertiary/aromatic N) is 2. The van der Waals surface area contributed by atoms with Crippen molar-refractivity contribution in [1.29, 1.82) is 0 Å². The van der Waals surface area contributed by atoms with E-state index in [0.29, 0.717) is 17.6 Å². The topological polar surface area (TPSA) is 65.1 Å². The van der Waals surface area contributed by atoms with E-state index in [4.69, 9.17) is 0 Å². The van der Waals surface area contributed by atoms with E-state index >= 15 is 0 Å². The molecule has 84 valence electrons. The third kappa shape index (κ3) is 1.64. The molecule has 0 N–H and O–H groups in total. The summed E-state index contributed by atoms with van der Waals surface area (Å²) >= 11 is 0. The first kappa shape index (κ1) is 10.6. The average Bonchev–Trinajstić information content (AvgIpc) is 2.23. The summed E-state index contributed by atoms with van der Waals surface area (Å²) in [5, 5.41) is 0.346. The first-order chi connectivity index (χ1) is 7.63. The number of pyridine rings is 1. The smallest absolute Gasteiger partial charge is 0.372 e. The lowest BCUT2D eigenvalue weighted by molar-refractivity contribution is 0.413. The third-order valence-corrected chi connectivity index (χ3v) is 2.34. The Morgan fingerprint density at radius 1 is 1.38 bits per heavy atom. The molecule has 0 atom stereocenters. The van der Waals surface area contributed by atoms with Crippen molar-refractivity contribution in [2.45, 2.75) is 26.8 Å². The van der Waals surface area contributed by atoms with Gasteiger partial charge in [0.15, 0.2) is 5.65 Å². The summed E-state index contributed by atoms with van der Waals surface area (Å²) in [6.07, 6.45) is 0.776. The standard InChI is InChI=1S/C11H12N2O3/c1-3-6-13-9-8(5-4-7(2)12-9)10(14)16-11(13)15/h4-5H,3,6H2,1-2H3. The molecule has 0 unspecified atom stereocenters. The van der Waals surface area contributed by atoms with Gasteiger partial charge < -0.3 is 4.42 Å². The Morgan fingerprint density at radius 2 is 2.12 bits per heavy atom. The normalized spacial score (nSPS) is 10.9. The van der Waals surface area contributed by atoms with E-state index in [1.165, 1.54) is 4.57 Å². The molecule has 2 rings (SSSR count). The Balaban J connectivity index is 2.92. The first-order valence-electron chi connectivity index (χ1n) is 5.14. The van der Waals surface area contributed by atoms with Crippen LogP contribution in [0.4, 0.5) is 0 Å². The van der Waals surface area contributed by atoms with Gasteiger partial charge in [0.25, 0.3) is 0 Å². The maximum atomic E-state index is 11.5. The second-order valence-corrected chi connectivity index (χ2v) is 3.63. The van der Waals surface area contributed by atoms with Gasteiger partial charge in [0.1, 0.15) is 5.39 Å². The number of aromatic nitrogens is 2. The van der Waals surface area contributed by atoms with Gasteiger partial charge in [-0.25, -0.2) is 14.6 Å². The van der Waals surface area contributed by atoms with Crippen LogP contribution in [-0.4, -0.2) is 9.55 Å². The molecule has 2 heterocycles. The van der Waals surface area contributed by atoms with E-state index in [9.17, 15) is 9.59 Å². The molecule has 0 radical (unpaired) electrons. The summed E-state index contributed by atoms with van der Waals surface area (Å²) in [4.78, 5) is 27.2. The predicted octanol–water partition coefficient (Wildman–Crippen LogP) is 1.07. The van der Waals surface area contributed by atoms with Crippen LogP contribution < -0.4 is 11.4 Å². The van der Waals surface area contributed by atoms with Gasteiger partial charge in [0.05, 0.1) is 0 Å². The number of aryl methyl sites for hydroxylation is 2. The van der Waals surface area contributed by atoms with Crippen LogP contribution in [0.5, 0.6) is 0 Å². The van der Waals surface area contributed by atoms with E-state index in [1.807, 2.05) is 13.8 Å². The van der Waals surface area contributed by atoms with Crippen LogP contribution in [-0.2, 0) is 6.54 Å². The molecule has 0 amide bonds. The van der Waals surface area contributed by atoms with Crippen LogP contribution in [0.3, 0.4) is 0 Å². The zero-order valence-corrected chi connectivity index (χ0v) is 9.19. The Labute approximate surface area is 91.3 Å². The maximum Gasteiger partial charge on any atom is 0.423 e. The van der Waals surface area contributed by atoms with Crippen molar-refractivity contribution >= 4 is 11.0 Å². The molecule has 0 fully saturated rings. The quantitative estimate of drug-likeness (QED) is 0.759. The molecule has 0 aliphatic rings. The molecule has 5 heteroatoms. The largest absolute Gasteiger partial charge is 0.423 e. The van der Waals surface area contributed by atoms with E-state index in [2.05, 4.69) is 9.40 Å². The summed E-state index contributed by atoms with van der Waals surface area (Å²) in [5.41, 5.74) is 0.547. The number of fused-ring (bicyclic) bond motifs is 1. The van der Waals surface area contributed by atoms with Gasteiger partial charge >= 0.3 is 11.4 Å². The lowest BCUT2D eigenvalue weighted by atomic mass is 10.3. The fraction of sp³-hybridized carbons (Fsp3) is 0.364. The Kier molecular flexibility index (Phi) is 2.60. The Hall–Kier alpha value is -1.91. The van der Waals surface area contributed by atoms with Crippen molar-refractivity contribution in [3.05, 3.63) is 38.8 Å². The van der Waals surface area contributed by atoms with Gasteiger partial charge in [-0.15, -0.1) is 0 Å². The van der Waals surface area contributed by atoms with Gasteiger partial charge in [0, 0.05) is 12.2 Å². The average molecular weight is 220 g/mol. The van der Waals surface area contributed by atoms with Crippen molar-refractivity contribution in [2.24, 2.45) is 0 Å². The molecule has 0 bridgehead atoms. The van der Waals surface area contributed by atoms with Crippen molar-refractivity contribution < 1.29 is 4.42 Å². The molecule has 2 aromatic heterocycles. The number of hydrogen-bond donors (Lipinski definition) is 0. The van der Waals surface area contributed by atoms with Gasteiger partial charge in [-0.3, -0.25) is 4.57 Å². The zero-order chi connectivity index (χ0) is 11.7. The van der Waals surface area contributed by atoms with Crippen molar-refractivity contribution in [1.82, 2.24) is 9.55 Å². The first-order valence-corrected chi connectivity index (χ1v) is 5.14. The highest BCUT2D eigenvalue weighted by Gasteiger charge is 2.09. The fourth-order valence-corrected chi connectivity index (χ4v) is 1.60. The van der Waals surface area contributed by atoms with Crippen molar-refractivity contribution in [3.63, 3.8) is 0 Å². The minimum atomic E-state index is -0.641. The highest BCUT2D eigenvalue weighted by molar-refractivity contribution is 5.73. The molecular weight excluding hydrogens is 208 g/mol. The lowest BCUT2D eigenvalue weighted by Gasteiger charge is -2.05.